The molecule has 1 amide bonds. The van der Waals surface area contributed by atoms with E-state index < -0.39 is 0 Å². The number of ether oxygens (including phenoxy) is 2. The van der Waals surface area contributed by atoms with E-state index in [9.17, 15) is 4.79 Å². The second-order valence-electron chi connectivity index (χ2n) is 9.08. The van der Waals surface area contributed by atoms with E-state index in [0.717, 1.165) is 66.4 Å². The van der Waals surface area contributed by atoms with Crippen LogP contribution in [0.25, 0.3) is 16.3 Å². The van der Waals surface area contributed by atoms with Gasteiger partial charge in [0.15, 0.2) is 0 Å². The van der Waals surface area contributed by atoms with E-state index in [4.69, 9.17) is 9.47 Å². The van der Waals surface area contributed by atoms with Gasteiger partial charge in [-0.05, 0) is 97.5 Å². The Morgan fingerprint density at radius 1 is 1.11 bits per heavy atom. The SMILES string of the molecule is CCCC/C(=C\C=C\C(=O)N[C@H](C)CCCc1cccnc1)c1cc(OC)c2ccc(OC)cc2c1. The minimum Gasteiger partial charge on any atom is -0.497 e. The number of pyridine rings is 1. The first-order chi connectivity index (χ1) is 17.5. The molecule has 1 atom stereocenters. The molecular formula is C31H38N2O3. The number of benzene rings is 2. The molecule has 190 valence electrons. The molecule has 5 heteroatoms. The van der Waals surface area contributed by atoms with Crippen molar-refractivity contribution >= 4 is 22.3 Å². The lowest BCUT2D eigenvalue weighted by Crippen LogP contribution is -2.31. The number of carbonyl (C=O) groups excluding carboxylic acids is 1. The quantitative estimate of drug-likeness (QED) is 0.211. The van der Waals surface area contributed by atoms with Gasteiger partial charge < -0.3 is 14.8 Å². The number of aromatic nitrogens is 1. The predicted molar refractivity (Wildman–Crippen MR) is 148 cm³/mol. The summed E-state index contributed by atoms with van der Waals surface area (Å²) in [6.07, 6.45) is 15.2. The van der Waals surface area contributed by atoms with Gasteiger partial charge in [-0.2, -0.15) is 0 Å². The standard InChI is InChI=1S/C31H38N2O3/c1-5-6-13-25(26-19-27-20-28(35-3)16-17-29(27)30(21-26)36-4)14-8-15-31(34)33-23(2)10-7-11-24-12-9-18-32-22-24/h8-9,12,14-23H,5-7,10-11,13H2,1-4H3,(H,33,34)/b15-8+,25-14+/t23-/m1/s1. The largest absolute Gasteiger partial charge is 0.497 e. The number of amides is 1. The van der Waals surface area contributed by atoms with E-state index in [1.807, 2.05) is 49.5 Å². The summed E-state index contributed by atoms with van der Waals surface area (Å²) in [5.74, 6) is 1.57. The van der Waals surface area contributed by atoms with Crippen LogP contribution < -0.4 is 14.8 Å². The lowest BCUT2D eigenvalue weighted by molar-refractivity contribution is -0.117. The zero-order valence-corrected chi connectivity index (χ0v) is 21.9. The first-order valence-electron chi connectivity index (χ1n) is 12.8. The number of hydrogen-bond donors (Lipinski definition) is 1. The molecule has 0 bridgehead atoms. The van der Waals surface area contributed by atoms with E-state index in [1.54, 1.807) is 26.5 Å². The molecule has 5 nitrogen and oxygen atoms in total. The van der Waals surface area contributed by atoms with E-state index in [0.29, 0.717) is 0 Å². The fraction of sp³-hybridized carbons (Fsp3) is 0.355. The summed E-state index contributed by atoms with van der Waals surface area (Å²) in [6, 6.07) is 14.4. The maximum absolute atomic E-state index is 12.5. The molecule has 0 aliphatic rings. The number of allylic oxidation sites excluding steroid dienone is 3. The van der Waals surface area contributed by atoms with Crippen LogP contribution in [0.1, 0.15) is 57.1 Å². The molecule has 2 aromatic carbocycles. The normalized spacial score (nSPS) is 12.6. The summed E-state index contributed by atoms with van der Waals surface area (Å²) in [5.41, 5.74) is 3.49. The monoisotopic (exact) mass is 486 g/mol. The maximum atomic E-state index is 12.5. The second kappa shape index (κ2) is 14.1. The minimum atomic E-state index is -0.0733. The Kier molecular flexibility index (Phi) is 10.6. The molecule has 0 saturated carbocycles. The van der Waals surface area contributed by atoms with Crippen molar-refractivity contribution in [3.8, 4) is 11.5 Å². The Hall–Kier alpha value is -3.60. The number of unbranched alkanes of at least 4 members (excludes halogenated alkanes) is 1. The molecule has 0 aliphatic heterocycles. The van der Waals surface area contributed by atoms with E-state index in [-0.39, 0.29) is 11.9 Å². The van der Waals surface area contributed by atoms with Gasteiger partial charge in [0.05, 0.1) is 14.2 Å². The van der Waals surface area contributed by atoms with Crippen LogP contribution in [0.5, 0.6) is 11.5 Å². The highest BCUT2D eigenvalue weighted by atomic mass is 16.5. The van der Waals surface area contributed by atoms with Gasteiger partial charge >= 0.3 is 0 Å². The third-order valence-electron chi connectivity index (χ3n) is 6.27. The van der Waals surface area contributed by atoms with Gasteiger partial charge in [-0.25, -0.2) is 0 Å². The predicted octanol–water partition coefficient (Wildman–Crippen LogP) is 6.91. The molecule has 0 radical (unpaired) electrons. The van der Waals surface area contributed by atoms with Gasteiger partial charge in [-0.15, -0.1) is 0 Å². The van der Waals surface area contributed by atoms with E-state index >= 15 is 0 Å². The summed E-state index contributed by atoms with van der Waals surface area (Å²) in [5, 5.41) is 5.18. The van der Waals surface area contributed by atoms with E-state index in [1.165, 1.54) is 11.1 Å². The Bertz CT molecular complexity index is 1190. The Morgan fingerprint density at radius 2 is 1.97 bits per heavy atom. The van der Waals surface area contributed by atoms with Crippen molar-refractivity contribution in [1.82, 2.24) is 10.3 Å². The van der Waals surface area contributed by atoms with Crippen molar-refractivity contribution < 1.29 is 14.3 Å². The van der Waals surface area contributed by atoms with Crippen LogP contribution in [-0.4, -0.2) is 31.2 Å². The number of carbonyl (C=O) groups is 1. The summed E-state index contributed by atoms with van der Waals surface area (Å²) < 4.78 is 11.1. The molecule has 36 heavy (non-hydrogen) atoms. The minimum absolute atomic E-state index is 0.0733. The van der Waals surface area contributed by atoms with Crippen LogP contribution in [0.15, 0.2) is 73.1 Å². The lowest BCUT2D eigenvalue weighted by Gasteiger charge is -2.13. The third-order valence-corrected chi connectivity index (χ3v) is 6.27. The molecule has 1 N–H and O–H groups in total. The zero-order valence-electron chi connectivity index (χ0n) is 21.9. The first-order valence-corrected chi connectivity index (χ1v) is 12.8. The van der Waals surface area contributed by atoms with Crippen LogP contribution in [0.3, 0.4) is 0 Å². The molecule has 0 saturated heterocycles. The second-order valence-corrected chi connectivity index (χ2v) is 9.08. The molecule has 0 fully saturated rings. The molecular weight excluding hydrogens is 448 g/mol. The van der Waals surface area contributed by atoms with Crippen LogP contribution in [0.2, 0.25) is 0 Å². The van der Waals surface area contributed by atoms with Crippen LogP contribution in [0.4, 0.5) is 0 Å². The Balaban J connectivity index is 1.68. The van der Waals surface area contributed by atoms with Crippen molar-refractivity contribution in [3.63, 3.8) is 0 Å². The highest BCUT2D eigenvalue weighted by molar-refractivity contribution is 5.93. The first kappa shape index (κ1) is 27.0. The van der Waals surface area contributed by atoms with Gasteiger partial charge in [-0.1, -0.05) is 31.6 Å². The van der Waals surface area contributed by atoms with Crippen molar-refractivity contribution in [2.45, 2.75) is 58.4 Å². The fourth-order valence-electron chi connectivity index (χ4n) is 4.26. The number of fused-ring (bicyclic) bond motifs is 1. The number of methoxy groups -OCH3 is 2. The summed E-state index contributed by atoms with van der Waals surface area (Å²) in [6.45, 7) is 4.23. The highest BCUT2D eigenvalue weighted by Gasteiger charge is 2.10. The average Bonchev–Trinajstić information content (AvgIpc) is 2.90. The summed E-state index contributed by atoms with van der Waals surface area (Å²) >= 11 is 0. The molecule has 0 aliphatic carbocycles. The molecule has 3 aromatic rings. The van der Waals surface area contributed by atoms with Gasteiger partial charge in [0, 0.05) is 29.9 Å². The van der Waals surface area contributed by atoms with Gasteiger partial charge in [-0.3, -0.25) is 9.78 Å². The number of rotatable bonds is 13. The highest BCUT2D eigenvalue weighted by Crippen LogP contribution is 2.34. The summed E-state index contributed by atoms with van der Waals surface area (Å²) in [4.78, 5) is 16.6. The third kappa shape index (κ3) is 7.98. The molecule has 1 heterocycles. The fourth-order valence-corrected chi connectivity index (χ4v) is 4.26. The van der Waals surface area contributed by atoms with Crippen LogP contribution >= 0.6 is 0 Å². The van der Waals surface area contributed by atoms with Gasteiger partial charge in [0.1, 0.15) is 11.5 Å². The van der Waals surface area contributed by atoms with Crippen molar-refractivity contribution in [2.75, 3.05) is 14.2 Å². The maximum Gasteiger partial charge on any atom is 0.244 e. The van der Waals surface area contributed by atoms with Gasteiger partial charge in [0.25, 0.3) is 0 Å². The number of nitrogens with one attached hydrogen (secondary N) is 1. The molecule has 3 rings (SSSR count). The van der Waals surface area contributed by atoms with Crippen molar-refractivity contribution in [2.24, 2.45) is 0 Å². The van der Waals surface area contributed by atoms with Crippen molar-refractivity contribution in [1.29, 1.82) is 0 Å². The van der Waals surface area contributed by atoms with Crippen LogP contribution in [0, 0.1) is 0 Å². The topological polar surface area (TPSA) is 60.5 Å². The van der Waals surface area contributed by atoms with Crippen LogP contribution in [-0.2, 0) is 11.2 Å². The summed E-state index contributed by atoms with van der Waals surface area (Å²) in [7, 11) is 3.37. The van der Waals surface area contributed by atoms with Crippen molar-refractivity contribution in [3.05, 3.63) is 84.2 Å². The average molecular weight is 487 g/mol. The molecule has 1 aromatic heterocycles. The zero-order chi connectivity index (χ0) is 25.8. The Morgan fingerprint density at radius 3 is 2.69 bits per heavy atom. The smallest absolute Gasteiger partial charge is 0.244 e. The Labute approximate surface area is 215 Å². The number of hydrogen-bond acceptors (Lipinski definition) is 4. The number of nitrogens with zero attached hydrogens (tertiary/aromatic N) is 1. The van der Waals surface area contributed by atoms with E-state index in [2.05, 4.69) is 35.4 Å². The lowest BCUT2D eigenvalue weighted by atomic mass is 9.96. The molecule has 0 spiro atoms. The van der Waals surface area contributed by atoms with Gasteiger partial charge in [0.2, 0.25) is 5.91 Å². The molecule has 0 unspecified atom stereocenters. The number of aryl methyl sites for hydroxylation is 1.